The van der Waals surface area contributed by atoms with E-state index in [1.54, 1.807) is 11.8 Å². The Labute approximate surface area is 148 Å². The molecule has 22 heavy (non-hydrogen) atoms. The molecule has 122 valence electrons. The monoisotopic (exact) mass is 356 g/mol. The lowest BCUT2D eigenvalue weighted by Crippen LogP contribution is -2.50. The molecular weight excluding hydrogens is 332 g/mol. The summed E-state index contributed by atoms with van der Waals surface area (Å²) in [7, 11) is 0. The van der Waals surface area contributed by atoms with Gasteiger partial charge in [0.25, 0.3) is 0 Å². The minimum absolute atomic E-state index is 0.543. The smallest absolute Gasteiger partial charge is 0.185 e. The molecule has 0 heterocycles. The van der Waals surface area contributed by atoms with Crippen molar-refractivity contribution in [2.45, 2.75) is 25.2 Å². The summed E-state index contributed by atoms with van der Waals surface area (Å²) in [4.78, 5) is 1.26. The van der Waals surface area contributed by atoms with Gasteiger partial charge in [-0.05, 0) is 48.9 Å². The molecule has 0 unspecified atom stereocenters. The second-order valence-corrected chi connectivity index (χ2v) is 7.09. The molecule has 1 rings (SSSR count). The van der Waals surface area contributed by atoms with Crippen LogP contribution in [0.4, 0.5) is 0 Å². The zero-order valence-corrected chi connectivity index (χ0v) is 15.5. The van der Waals surface area contributed by atoms with Crippen LogP contribution >= 0.6 is 36.2 Å². The fourth-order valence-corrected chi connectivity index (χ4v) is 2.62. The third kappa shape index (κ3) is 9.81. The molecule has 0 bridgehead atoms. The fourth-order valence-electron chi connectivity index (χ4n) is 1.53. The van der Waals surface area contributed by atoms with E-state index < -0.39 is 0 Å². The average molecular weight is 357 g/mol. The second-order valence-electron chi connectivity index (χ2n) is 5.11. The van der Waals surface area contributed by atoms with E-state index in [-0.39, 0.29) is 0 Å². The van der Waals surface area contributed by atoms with Crippen molar-refractivity contribution in [3.63, 3.8) is 0 Å². The lowest BCUT2D eigenvalue weighted by atomic mass is 10.1. The van der Waals surface area contributed by atoms with Crippen LogP contribution in [0.15, 0.2) is 35.2 Å². The molecule has 0 aliphatic rings. The highest BCUT2D eigenvalue weighted by Crippen LogP contribution is 2.15. The van der Waals surface area contributed by atoms with Gasteiger partial charge in [0.2, 0.25) is 0 Å². The van der Waals surface area contributed by atoms with Gasteiger partial charge in [0, 0.05) is 23.7 Å². The Morgan fingerprint density at radius 2 is 1.59 bits per heavy atom. The van der Waals surface area contributed by atoms with E-state index >= 15 is 0 Å². The molecule has 4 N–H and O–H groups in total. The first kappa shape index (κ1) is 19.0. The Morgan fingerprint density at radius 1 is 1.00 bits per heavy atom. The van der Waals surface area contributed by atoms with Crippen molar-refractivity contribution in [3.05, 3.63) is 30.3 Å². The molecule has 4 nitrogen and oxygen atoms in total. The van der Waals surface area contributed by atoms with Gasteiger partial charge in [0.15, 0.2) is 10.2 Å². The van der Waals surface area contributed by atoms with Crippen LogP contribution < -0.4 is 21.5 Å². The molecule has 1 aromatic rings. The predicted octanol–water partition coefficient (Wildman–Crippen LogP) is 2.67. The minimum Gasteiger partial charge on any atom is -0.361 e. The Bertz CT molecular complexity index is 451. The molecule has 0 aromatic heterocycles. The number of hydrogen-bond donors (Lipinski definition) is 4. The van der Waals surface area contributed by atoms with Crippen LogP contribution in [0.5, 0.6) is 0 Å². The lowest BCUT2D eigenvalue weighted by Gasteiger charge is -2.14. The van der Waals surface area contributed by atoms with Crippen LogP contribution in [0.25, 0.3) is 0 Å². The average Bonchev–Trinajstić information content (AvgIpc) is 2.50. The maximum Gasteiger partial charge on any atom is 0.185 e. The van der Waals surface area contributed by atoms with Gasteiger partial charge >= 0.3 is 0 Å². The normalized spacial score (nSPS) is 10.1. The number of thiocarbonyl (C=S) groups is 2. The van der Waals surface area contributed by atoms with Crippen molar-refractivity contribution >= 4 is 46.4 Å². The van der Waals surface area contributed by atoms with E-state index in [4.69, 9.17) is 24.4 Å². The van der Waals surface area contributed by atoms with E-state index in [9.17, 15) is 0 Å². The van der Waals surface area contributed by atoms with Crippen molar-refractivity contribution in [1.29, 1.82) is 0 Å². The Kier molecular flexibility index (Phi) is 9.94. The number of hydrazine groups is 1. The first-order valence-corrected chi connectivity index (χ1v) is 9.13. The Balaban J connectivity index is 2.02. The largest absolute Gasteiger partial charge is 0.361 e. The molecule has 1 aromatic carbocycles. The van der Waals surface area contributed by atoms with E-state index in [1.807, 2.05) is 18.2 Å². The van der Waals surface area contributed by atoms with Gasteiger partial charge in [-0.3, -0.25) is 10.9 Å². The van der Waals surface area contributed by atoms with E-state index in [0.717, 1.165) is 25.3 Å². The van der Waals surface area contributed by atoms with Crippen molar-refractivity contribution < 1.29 is 0 Å². The van der Waals surface area contributed by atoms with Gasteiger partial charge < -0.3 is 10.6 Å². The van der Waals surface area contributed by atoms with Crippen LogP contribution in [-0.4, -0.2) is 29.1 Å². The van der Waals surface area contributed by atoms with E-state index in [1.165, 1.54) is 4.90 Å². The molecular formula is C15H24N4S3. The third-order valence-electron chi connectivity index (χ3n) is 2.70. The summed E-state index contributed by atoms with van der Waals surface area (Å²) in [5.74, 6) is 1.61. The first-order valence-electron chi connectivity index (χ1n) is 7.33. The summed E-state index contributed by atoms with van der Waals surface area (Å²) in [6.07, 6.45) is 1.08. The van der Waals surface area contributed by atoms with Gasteiger partial charge in [-0.25, -0.2) is 0 Å². The zero-order chi connectivity index (χ0) is 16.2. The van der Waals surface area contributed by atoms with Gasteiger partial charge in [-0.15, -0.1) is 11.8 Å². The van der Waals surface area contributed by atoms with E-state index in [2.05, 4.69) is 47.5 Å². The maximum atomic E-state index is 5.18. The quantitative estimate of drug-likeness (QED) is 0.259. The van der Waals surface area contributed by atoms with Crippen molar-refractivity contribution in [1.82, 2.24) is 21.5 Å². The number of benzene rings is 1. The first-order chi connectivity index (χ1) is 10.6. The summed E-state index contributed by atoms with van der Waals surface area (Å²) in [6.45, 7) is 6.02. The molecule has 0 fully saturated rings. The highest BCUT2D eigenvalue weighted by molar-refractivity contribution is 7.99. The van der Waals surface area contributed by atoms with Gasteiger partial charge in [-0.2, -0.15) is 0 Å². The third-order valence-corrected chi connectivity index (χ3v) is 4.20. The Morgan fingerprint density at radius 3 is 2.18 bits per heavy atom. The van der Waals surface area contributed by atoms with Gasteiger partial charge in [0.1, 0.15) is 0 Å². The standard InChI is InChI=1S/C15H24N4S3/c1-12(2)8-9-16-14(20)18-19-15(21)17-10-11-22-13-6-4-3-5-7-13/h3-7,12H,8-11H2,1-2H3,(H2,16,18,20)(H2,17,19,21). The predicted molar refractivity (Wildman–Crippen MR) is 104 cm³/mol. The summed E-state index contributed by atoms with van der Waals surface area (Å²) in [5, 5.41) is 7.36. The van der Waals surface area contributed by atoms with Crippen molar-refractivity contribution in [3.8, 4) is 0 Å². The SMILES string of the molecule is CC(C)CCNC(=S)NNC(=S)NCCSc1ccccc1. The van der Waals surface area contributed by atoms with E-state index in [0.29, 0.717) is 16.1 Å². The molecule has 0 atom stereocenters. The van der Waals surface area contributed by atoms with Crippen molar-refractivity contribution in [2.75, 3.05) is 18.8 Å². The highest BCUT2D eigenvalue weighted by Gasteiger charge is 1.99. The summed E-state index contributed by atoms with van der Waals surface area (Å²) >= 11 is 12.1. The highest BCUT2D eigenvalue weighted by atomic mass is 32.2. The number of nitrogens with one attached hydrogen (secondary N) is 4. The number of hydrogen-bond acceptors (Lipinski definition) is 3. The summed E-state index contributed by atoms with van der Waals surface area (Å²) in [6, 6.07) is 10.3. The molecule has 0 aliphatic heterocycles. The molecule has 7 heteroatoms. The topological polar surface area (TPSA) is 48.1 Å². The van der Waals surface area contributed by atoms with Gasteiger partial charge in [0.05, 0.1) is 0 Å². The minimum atomic E-state index is 0.543. The molecule has 0 radical (unpaired) electrons. The molecule has 0 saturated carbocycles. The number of rotatable bonds is 7. The van der Waals surface area contributed by atoms with Crippen LogP contribution in [-0.2, 0) is 0 Å². The van der Waals surface area contributed by atoms with Crippen molar-refractivity contribution in [2.24, 2.45) is 5.92 Å². The number of thioether (sulfide) groups is 1. The van der Waals surface area contributed by atoms with Gasteiger partial charge in [-0.1, -0.05) is 32.0 Å². The van der Waals surface area contributed by atoms with Crippen LogP contribution in [0.2, 0.25) is 0 Å². The van der Waals surface area contributed by atoms with Crippen LogP contribution in [0.3, 0.4) is 0 Å². The fraction of sp³-hybridized carbons (Fsp3) is 0.467. The van der Waals surface area contributed by atoms with Crippen LogP contribution in [0, 0.1) is 5.92 Å². The Hall–Kier alpha value is -1.05. The molecule has 0 spiro atoms. The molecule has 0 aliphatic carbocycles. The summed E-state index contributed by atoms with van der Waals surface area (Å²) < 4.78 is 0. The lowest BCUT2D eigenvalue weighted by molar-refractivity contribution is 0.575. The second kappa shape index (κ2) is 11.5. The maximum absolute atomic E-state index is 5.18. The molecule has 0 amide bonds. The zero-order valence-electron chi connectivity index (χ0n) is 13.0. The summed E-state index contributed by atoms with van der Waals surface area (Å²) in [5.41, 5.74) is 5.75. The van der Waals surface area contributed by atoms with Crippen LogP contribution in [0.1, 0.15) is 20.3 Å². The molecule has 0 saturated heterocycles.